The highest BCUT2D eigenvalue weighted by Gasteiger charge is 2.23. The van der Waals surface area contributed by atoms with Gasteiger partial charge in [-0.25, -0.2) is 9.07 Å². The molecule has 1 fully saturated rings. The number of piperazine rings is 1. The molecular formula is C17H21FN4O2. The summed E-state index contributed by atoms with van der Waals surface area (Å²) >= 11 is 0. The van der Waals surface area contributed by atoms with E-state index in [1.54, 1.807) is 21.7 Å². The SMILES string of the molecule is CC(O)C(=O)N1CCN(Cc2ccn(-c3ccc(F)cc3)n2)CC1. The largest absolute Gasteiger partial charge is 0.384 e. The fourth-order valence-corrected chi connectivity index (χ4v) is 2.80. The molecule has 6 nitrogen and oxygen atoms in total. The van der Waals surface area contributed by atoms with Crippen LogP contribution in [0.4, 0.5) is 4.39 Å². The Bertz CT molecular complexity index is 691. The summed E-state index contributed by atoms with van der Waals surface area (Å²) in [6, 6.07) is 8.14. The molecule has 1 atom stereocenters. The van der Waals surface area contributed by atoms with Crippen LogP contribution in [-0.4, -0.2) is 62.9 Å². The number of carbonyl (C=O) groups excluding carboxylic acids is 1. The molecule has 3 rings (SSSR count). The number of rotatable bonds is 4. The van der Waals surface area contributed by atoms with Crippen LogP contribution in [0.25, 0.3) is 5.69 Å². The van der Waals surface area contributed by atoms with Gasteiger partial charge in [0, 0.05) is 38.9 Å². The Hall–Kier alpha value is -2.25. The van der Waals surface area contributed by atoms with Crippen LogP contribution in [0.5, 0.6) is 0 Å². The van der Waals surface area contributed by atoms with Crippen molar-refractivity contribution in [3.63, 3.8) is 0 Å². The van der Waals surface area contributed by atoms with E-state index < -0.39 is 6.10 Å². The number of benzene rings is 1. The van der Waals surface area contributed by atoms with E-state index in [4.69, 9.17) is 0 Å². The third-order valence-corrected chi connectivity index (χ3v) is 4.16. The van der Waals surface area contributed by atoms with E-state index in [0.29, 0.717) is 19.6 Å². The molecule has 1 N–H and O–H groups in total. The van der Waals surface area contributed by atoms with Crippen LogP contribution in [0.15, 0.2) is 36.5 Å². The Balaban J connectivity index is 1.56. The smallest absolute Gasteiger partial charge is 0.251 e. The fraction of sp³-hybridized carbons (Fsp3) is 0.412. The maximum atomic E-state index is 13.0. The number of hydrogen-bond acceptors (Lipinski definition) is 4. The van der Waals surface area contributed by atoms with Crippen LogP contribution < -0.4 is 0 Å². The highest BCUT2D eigenvalue weighted by Crippen LogP contribution is 2.12. The summed E-state index contributed by atoms with van der Waals surface area (Å²) < 4.78 is 14.7. The van der Waals surface area contributed by atoms with Gasteiger partial charge in [-0.15, -0.1) is 0 Å². The number of carbonyl (C=O) groups is 1. The van der Waals surface area contributed by atoms with Crippen molar-refractivity contribution in [2.75, 3.05) is 26.2 Å². The number of halogens is 1. The predicted molar refractivity (Wildman–Crippen MR) is 87.1 cm³/mol. The van der Waals surface area contributed by atoms with Gasteiger partial charge in [-0.1, -0.05) is 0 Å². The molecule has 128 valence electrons. The highest BCUT2D eigenvalue weighted by atomic mass is 19.1. The fourth-order valence-electron chi connectivity index (χ4n) is 2.80. The van der Waals surface area contributed by atoms with Crippen LogP contribution >= 0.6 is 0 Å². The molecular weight excluding hydrogens is 311 g/mol. The lowest BCUT2D eigenvalue weighted by Gasteiger charge is -2.34. The molecule has 1 aliphatic heterocycles. The van der Waals surface area contributed by atoms with Crippen LogP contribution in [0.2, 0.25) is 0 Å². The van der Waals surface area contributed by atoms with E-state index in [2.05, 4.69) is 10.00 Å². The molecule has 1 amide bonds. The first-order chi connectivity index (χ1) is 11.5. The van der Waals surface area contributed by atoms with Crippen LogP contribution in [0, 0.1) is 5.82 Å². The minimum Gasteiger partial charge on any atom is -0.384 e. The van der Waals surface area contributed by atoms with Crippen LogP contribution in [0.1, 0.15) is 12.6 Å². The number of aliphatic hydroxyl groups excluding tert-OH is 1. The monoisotopic (exact) mass is 332 g/mol. The van der Waals surface area contributed by atoms with Gasteiger partial charge in [-0.05, 0) is 37.3 Å². The summed E-state index contributed by atoms with van der Waals surface area (Å²) in [5, 5.41) is 13.9. The van der Waals surface area contributed by atoms with Crippen molar-refractivity contribution in [3.8, 4) is 5.69 Å². The summed E-state index contributed by atoms with van der Waals surface area (Å²) in [6.45, 7) is 4.93. The lowest BCUT2D eigenvalue weighted by molar-refractivity contribution is -0.141. The van der Waals surface area contributed by atoms with Gasteiger partial charge < -0.3 is 10.0 Å². The van der Waals surface area contributed by atoms with E-state index in [-0.39, 0.29) is 11.7 Å². The maximum Gasteiger partial charge on any atom is 0.251 e. The normalized spacial score (nSPS) is 17.0. The number of aromatic nitrogens is 2. The molecule has 0 spiro atoms. The van der Waals surface area contributed by atoms with Crippen molar-refractivity contribution < 1.29 is 14.3 Å². The summed E-state index contributed by atoms with van der Waals surface area (Å²) in [4.78, 5) is 15.7. The number of nitrogens with zero attached hydrogens (tertiary/aromatic N) is 4. The second-order valence-corrected chi connectivity index (χ2v) is 6.01. The van der Waals surface area contributed by atoms with Crippen LogP contribution in [0.3, 0.4) is 0 Å². The summed E-state index contributed by atoms with van der Waals surface area (Å²) in [5.74, 6) is -0.481. The standard InChI is InChI=1S/C17H21FN4O2/c1-13(23)17(24)21-10-8-20(9-11-21)12-15-6-7-22(19-15)16-4-2-14(18)3-5-16/h2-7,13,23H,8-12H2,1H3. The molecule has 1 aromatic heterocycles. The molecule has 24 heavy (non-hydrogen) atoms. The Labute approximate surface area is 140 Å². The van der Waals surface area contributed by atoms with Gasteiger partial charge in [0.25, 0.3) is 5.91 Å². The third kappa shape index (κ3) is 3.80. The number of amides is 1. The average molecular weight is 332 g/mol. The molecule has 1 unspecified atom stereocenters. The molecule has 7 heteroatoms. The second kappa shape index (κ2) is 7.11. The first-order valence-electron chi connectivity index (χ1n) is 8.02. The van der Waals surface area contributed by atoms with E-state index in [0.717, 1.165) is 24.5 Å². The molecule has 1 aromatic carbocycles. The quantitative estimate of drug-likeness (QED) is 0.909. The van der Waals surface area contributed by atoms with E-state index in [9.17, 15) is 14.3 Å². The van der Waals surface area contributed by atoms with Crippen LogP contribution in [-0.2, 0) is 11.3 Å². The Kier molecular flexibility index (Phi) is 4.92. The Morgan fingerprint density at radius 2 is 1.88 bits per heavy atom. The van der Waals surface area contributed by atoms with Gasteiger partial charge in [0.2, 0.25) is 0 Å². The lowest BCUT2D eigenvalue weighted by atomic mass is 10.2. The zero-order chi connectivity index (χ0) is 17.1. The summed E-state index contributed by atoms with van der Waals surface area (Å²) in [6.07, 6.45) is 0.915. The van der Waals surface area contributed by atoms with E-state index in [1.165, 1.54) is 19.1 Å². The molecule has 0 radical (unpaired) electrons. The Morgan fingerprint density at radius 3 is 2.50 bits per heavy atom. The highest BCUT2D eigenvalue weighted by molar-refractivity contribution is 5.80. The molecule has 2 heterocycles. The van der Waals surface area contributed by atoms with Gasteiger partial charge in [0.1, 0.15) is 11.9 Å². The minimum absolute atomic E-state index is 0.213. The predicted octanol–water partition coefficient (Wildman–Crippen LogP) is 1.04. The first-order valence-corrected chi connectivity index (χ1v) is 8.02. The maximum absolute atomic E-state index is 13.0. The van der Waals surface area contributed by atoms with E-state index >= 15 is 0 Å². The van der Waals surface area contributed by atoms with E-state index in [1.807, 2.05) is 12.3 Å². The molecule has 1 saturated heterocycles. The van der Waals surface area contributed by atoms with Gasteiger partial charge >= 0.3 is 0 Å². The minimum atomic E-state index is -0.942. The van der Waals surface area contributed by atoms with Crippen molar-refractivity contribution in [1.29, 1.82) is 0 Å². The lowest BCUT2D eigenvalue weighted by Crippen LogP contribution is -2.50. The average Bonchev–Trinajstić information content (AvgIpc) is 3.04. The summed E-state index contributed by atoms with van der Waals surface area (Å²) in [5.41, 5.74) is 1.74. The van der Waals surface area contributed by atoms with Gasteiger partial charge in [-0.2, -0.15) is 5.10 Å². The molecule has 0 saturated carbocycles. The van der Waals surface area contributed by atoms with Crippen molar-refractivity contribution >= 4 is 5.91 Å². The van der Waals surface area contributed by atoms with Crippen molar-refractivity contribution in [2.45, 2.75) is 19.6 Å². The zero-order valence-corrected chi connectivity index (χ0v) is 13.6. The molecule has 0 aliphatic carbocycles. The van der Waals surface area contributed by atoms with Crippen molar-refractivity contribution in [3.05, 3.63) is 48.0 Å². The third-order valence-electron chi connectivity index (χ3n) is 4.16. The Morgan fingerprint density at radius 1 is 1.21 bits per heavy atom. The number of aliphatic hydroxyl groups is 1. The molecule has 1 aliphatic rings. The van der Waals surface area contributed by atoms with Crippen molar-refractivity contribution in [2.24, 2.45) is 0 Å². The first kappa shape index (κ1) is 16.6. The van der Waals surface area contributed by atoms with Gasteiger partial charge in [0.05, 0.1) is 11.4 Å². The molecule has 0 bridgehead atoms. The summed E-state index contributed by atoms with van der Waals surface area (Å²) in [7, 11) is 0. The molecule has 2 aromatic rings. The van der Waals surface area contributed by atoms with Gasteiger partial charge in [-0.3, -0.25) is 9.69 Å². The van der Waals surface area contributed by atoms with Gasteiger partial charge in [0.15, 0.2) is 0 Å². The zero-order valence-electron chi connectivity index (χ0n) is 13.6. The number of hydrogen-bond donors (Lipinski definition) is 1. The second-order valence-electron chi connectivity index (χ2n) is 6.01. The van der Waals surface area contributed by atoms with Crippen molar-refractivity contribution in [1.82, 2.24) is 19.6 Å². The topological polar surface area (TPSA) is 61.6 Å².